The average Bonchev–Trinajstić information content (AvgIpc) is 2.60. The normalized spacial score (nSPS) is 11.3. The Morgan fingerprint density at radius 2 is 1.80 bits per heavy atom. The summed E-state index contributed by atoms with van der Waals surface area (Å²) in [6.45, 7) is 1.70. The van der Waals surface area contributed by atoms with Crippen LogP contribution in [0.1, 0.15) is 17.3 Å². The molecule has 0 amide bonds. The second-order valence-electron chi connectivity index (χ2n) is 5.03. The highest BCUT2D eigenvalue weighted by Crippen LogP contribution is 2.39. The van der Waals surface area contributed by atoms with Crippen LogP contribution in [0.15, 0.2) is 23.0 Å². The minimum absolute atomic E-state index is 0.206. The van der Waals surface area contributed by atoms with Crippen LogP contribution in [0.5, 0.6) is 17.2 Å². The summed E-state index contributed by atoms with van der Waals surface area (Å²) in [4.78, 5) is 18.1. The lowest BCUT2D eigenvalue weighted by molar-refractivity contribution is 0.323. The van der Waals surface area contributed by atoms with Gasteiger partial charge >= 0.3 is 0 Å². The van der Waals surface area contributed by atoms with E-state index in [0.717, 1.165) is 0 Å². The standard InChI is InChI=1S/C16H19N5O4/c1-9-5-14(22)19-16(18-9)21-20-11(8-17)10-6-12(23-2)15(25-4)13(7-10)24-3/h5-7,11,20H,1-4H3,(H2,18,19,21,22). The largest absolute Gasteiger partial charge is 0.493 e. The third-order valence-electron chi connectivity index (χ3n) is 3.35. The molecule has 0 bridgehead atoms. The number of ether oxygens (including phenoxy) is 3. The van der Waals surface area contributed by atoms with Crippen LogP contribution in [0.4, 0.5) is 5.95 Å². The molecule has 0 aliphatic rings. The maximum absolute atomic E-state index is 11.5. The molecular formula is C16H19N5O4. The van der Waals surface area contributed by atoms with Crippen LogP contribution < -0.4 is 30.6 Å². The van der Waals surface area contributed by atoms with Gasteiger partial charge in [-0.05, 0) is 24.6 Å². The zero-order valence-electron chi connectivity index (χ0n) is 14.3. The summed E-state index contributed by atoms with van der Waals surface area (Å²) in [5, 5.41) is 9.46. The Kier molecular flexibility index (Phi) is 5.81. The Morgan fingerprint density at radius 1 is 1.16 bits per heavy atom. The summed E-state index contributed by atoms with van der Waals surface area (Å²) in [6, 6.07) is 6.04. The van der Waals surface area contributed by atoms with Crippen LogP contribution in [-0.2, 0) is 0 Å². The molecular weight excluding hydrogens is 326 g/mol. The fraction of sp³-hybridized carbons (Fsp3) is 0.312. The maximum atomic E-state index is 11.5. The van der Waals surface area contributed by atoms with Crippen molar-refractivity contribution in [1.29, 1.82) is 5.26 Å². The molecule has 0 fully saturated rings. The van der Waals surface area contributed by atoms with Crippen LogP contribution in [0.3, 0.4) is 0 Å². The Morgan fingerprint density at radius 3 is 2.28 bits per heavy atom. The number of anilines is 1. The van der Waals surface area contributed by atoms with E-state index < -0.39 is 6.04 Å². The second kappa shape index (κ2) is 8.03. The van der Waals surface area contributed by atoms with Crippen molar-refractivity contribution < 1.29 is 14.2 Å². The number of H-pyrrole nitrogens is 1. The first kappa shape index (κ1) is 18.1. The highest BCUT2D eigenvalue weighted by Gasteiger charge is 2.18. The first-order valence-electron chi connectivity index (χ1n) is 7.31. The van der Waals surface area contributed by atoms with Gasteiger partial charge in [-0.1, -0.05) is 0 Å². The van der Waals surface area contributed by atoms with Crippen LogP contribution in [0.25, 0.3) is 0 Å². The quantitative estimate of drug-likeness (QED) is 0.642. The van der Waals surface area contributed by atoms with E-state index in [-0.39, 0.29) is 11.5 Å². The van der Waals surface area contributed by atoms with Crippen molar-refractivity contribution in [2.75, 3.05) is 26.8 Å². The number of hydrazine groups is 1. The van der Waals surface area contributed by atoms with Crippen molar-refractivity contribution in [1.82, 2.24) is 15.4 Å². The molecule has 0 spiro atoms. The molecule has 1 heterocycles. The fourth-order valence-electron chi connectivity index (χ4n) is 2.24. The molecule has 2 aromatic rings. The molecule has 25 heavy (non-hydrogen) atoms. The lowest BCUT2D eigenvalue weighted by atomic mass is 10.1. The van der Waals surface area contributed by atoms with Gasteiger partial charge in [-0.2, -0.15) is 5.26 Å². The molecule has 9 nitrogen and oxygen atoms in total. The first-order valence-corrected chi connectivity index (χ1v) is 7.31. The van der Waals surface area contributed by atoms with E-state index in [9.17, 15) is 10.1 Å². The number of nitrogens with zero attached hydrogens (tertiary/aromatic N) is 2. The van der Waals surface area contributed by atoms with E-state index >= 15 is 0 Å². The average molecular weight is 345 g/mol. The van der Waals surface area contributed by atoms with Gasteiger partial charge in [-0.15, -0.1) is 0 Å². The van der Waals surface area contributed by atoms with Crippen LogP contribution in [-0.4, -0.2) is 31.3 Å². The number of hydrogen-bond acceptors (Lipinski definition) is 8. The van der Waals surface area contributed by atoms with E-state index in [2.05, 4.69) is 26.9 Å². The number of methoxy groups -OCH3 is 3. The first-order chi connectivity index (χ1) is 12.0. The summed E-state index contributed by atoms with van der Waals surface area (Å²) in [6.07, 6.45) is 0. The van der Waals surface area contributed by atoms with Gasteiger partial charge in [0.05, 0.1) is 27.4 Å². The predicted molar refractivity (Wildman–Crippen MR) is 90.8 cm³/mol. The summed E-state index contributed by atoms with van der Waals surface area (Å²) in [5.41, 5.74) is 6.37. The number of aryl methyl sites for hydroxylation is 1. The van der Waals surface area contributed by atoms with Gasteiger partial charge in [0.15, 0.2) is 11.5 Å². The van der Waals surface area contributed by atoms with E-state index in [0.29, 0.717) is 28.5 Å². The molecule has 1 atom stereocenters. The van der Waals surface area contributed by atoms with Crippen molar-refractivity contribution >= 4 is 5.95 Å². The van der Waals surface area contributed by atoms with Crippen LogP contribution in [0, 0.1) is 18.3 Å². The molecule has 0 saturated carbocycles. The monoisotopic (exact) mass is 345 g/mol. The summed E-state index contributed by atoms with van der Waals surface area (Å²) < 4.78 is 15.8. The minimum Gasteiger partial charge on any atom is -0.493 e. The Balaban J connectivity index is 2.28. The molecule has 0 aliphatic heterocycles. The van der Waals surface area contributed by atoms with Crippen molar-refractivity contribution in [2.45, 2.75) is 13.0 Å². The highest BCUT2D eigenvalue weighted by atomic mass is 16.5. The number of benzene rings is 1. The SMILES string of the molecule is COc1cc(C(C#N)NNc2nc(C)cc(=O)[nH]2)cc(OC)c1OC. The third-order valence-corrected chi connectivity index (χ3v) is 3.35. The van der Waals surface area contributed by atoms with Crippen molar-refractivity contribution in [3.8, 4) is 23.3 Å². The molecule has 132 valence electrons. The number of nitriles is 1. The van der Waals surface area contributed by atoms with Gasteiger partial charge in [-0.25, -0.2) is 10.4 Å². The van der Waals surface area contributed by atoms with E-state index in [4.69, 9.17) is 14.2 Å². The molecule has 1 aromatic carbocycles. The fourth-order valence-corrected chi connectivity index (χ4v) is 2.24. The zero-order chi connectivity index (χ0) is 18.4. The van der Waals surface area contributed by atoms with E-state index in [1.165, 1.54) is 27.4 Å². The number of aromatic nitrogens is 2. The summed E-state index contributed by atoms with van der Waals surface area (Å²) in [5.74, 6) is 1.50. The maximum Gasteiger partial charge on any atom is 0.252 e. The molecule has 9 heteroatoms. The third kappa shape index (κ3) is 4.19. The predicted octanol–water partition coefficient (Wildman–Crippen LogP) is 1.29. The number of hydrogen-bond donors (Lipinski definition) is 3. The Labute approximate surface area is 144 Å². The number of nitrogens with one attached hydrogen (secondary N) is 3. The lowest BCUT2D eigenvalue weighted by Crippen LogP contribution is -2.29. The smallest absolute Gasteiger partial charge is 0.252 e. The Hall–Kier alpha value is -3.25. The minimum atomic E-state index is -0.764. The number of rotatable bonds is 7. The molecule has 0 radical (unpaired) electrons. The van der Waals surface area contributed by atoms with Crippen molar-refractivity contribution in [2.24, 2.45) is 0 Å². The van der Waals surface area contributed by atoms with Gasteiger partial charge < -0.3 is 14.2 Å². The van der Waals surface area contributed by atoms with Gasteiger partial charge in [-0.3, -0.25) is 15.2 Å². The van der Waals surface area contributed by atoms with Gasteiger partial charge in [0.1, 0.15) is 6.04 Å². The topological polar surface area (TPSA) is 121 Å². The van der Waals surface area contributed by atoms with Crippen molar-refractivity contribution in [3.05, 3.63) is 39.8 Å². The van der Waals surface area contributed by atoms with E-state index in [1.54, 1.807) is 19.1 Å². The molecule has 0 saturated heterocycles. The Bertz CT molecular complexity index is 818. The second-order valence-corrected chi connectivity index (χ2v) is 5.03. The van der Waals surface area contributed by atoms with Gasteiger partial charge in [0, 0.05) is 11.8 Å². The summed E-state index contributed by atoms with van der Waals surface area (Å²) in [7, 11) is 4.49. The summed E-state index contributed by atoms with van der Waals surface area (Å²) >= 11 is 0. The molecule has 3 N–H and O–H groups in total. The molecule has 0 aliphatic carbocycles. The molecule has 2 rings (SSSR count). The lowest BCUT2D eigenvalue weighted by Gasteiger charge is -2.17. The molecule has 1 aromatic heterocycles. The number of aromatic amines is 1. The van der Waals surface area contributed by atoms with E-state index in [1.807, 2.05) is 0 Å². The van der Waals surface area contributed by atoms with Gasteiger partial charge in [0.25, 0.3) is 5.56 Å². The van der Waals surface area contributed by atoms with Gasteiger partial charge in [0.2, 0.25) is 11.7 Å². The zero-order valence-corrected chi connectivity index (χ0v) is 14.3. The molecule has 1 unspecified atom stereocenters. The van der Waals surface area contributed by atoms with Crippen LogP contribution >= 0.6 is 0 Å². The van der Waals surface area contributed by atoms with Crippen LogP contribution in [0.2, 0.25) is 0 Å². The highest BCUT2D eigenvalue weighted by molar-refractivity contribution is 5.55. The van der Waals surface area contributed by atoms with Crippen molar-refractivity contribution in [3.63, 3.8) is 0 Å².